The van der Waals surface area contributed by atoms with E-state index in [2.05, 4.69) is 10.0 Å². The van der Waals surface area contributed by atoms with Crippen molar-refractivity contribution >= 4 is 15.9 Å². The number of ether oxygens (including phenoxy) is 2. The number of amides is 1. The summed E-state index contributed by atoms with van der Waals surface area (Å²) in [5.41, 5.74) is 0.925. The predicted molar refractivity (Wildman–Crippen MR) is 112 cm³/mol. The van der Waals surface area contributed by atoms with E-state index in [0.717, 1.165) is 5.56 Å². The highest BCUT2D eigenvalue weighted by atomic mass is 32.2. The first kappa shape index (κ1) is 22.7. The maximum atomic E-state index is 12.7. The quantitative estimate of drug-likeness (QED) is 0.650. The highest BCUT2D eigenvalue weighted by Crippen LogP contribution is 2.23. The van der Waals surface area contributed by atoms with Crippen molar-refractivity contribution in [1.29, 1.82) is 0 Å². The molecule has 0 bridgehead atoms. The third-order valence-corrected chi connectivity index (χ3v) is 5.28. The largest absolute Gasteiger partial charge is 0.496 e. The van der Waals surface area contributed by atoms with E-state index in [1.165, 1.54) is 25.3 Å². The fourth-order valence-corrected chi connectivity index (χ4v) is 3.68. The van der Waals surface area contributed by atoms with Crippen molar-refractivity contribution < 1.29 is 22.7 Å². The molecule has 0 aliphatic carbocycles. The molecule has 0 atom stereocenters. The molecule has 2 aromatic carbocycles. The molecule has 0 heterocycles. The van der Waals surface area contributed by atoms with E-state index in [1.54, 1.807) is 6.07 Å². The van der Waals surface area contributed by atoms with E-state index >= 15 is 0 Å². The van der Waals surface area contributed by atoms with Gasteiger partial charge in [-0.15, -0.1) is 0 Å². The summed E-state index contributed by atoms with van der Waals surface area (Å²) in [6, 6.07) is 11.3. The Hall–Kier alpha value is -2.58. The van der Waals surface area contributed by atoms with Crippen LogP contribution in [-0.2, 0) is 16.6 Å². The molecule has 8 heteroatoms. The molecule has 0 aliphatic heterocycles. The van der Waals surface area contributed by atoms with Gasteiger partial charge in [-0.1, -0.05) is 12.1 Å². The standard InChI is InChI=1S/C21H28N2O5S/c1-14(2)23-21(24)19-12-18(9-10-20(19)27-5)29(25,26)22-13-16-7-6-8-17(11-16)28-15(3)4/h6-12,14-15,22H,13H2,1-5H3,(H,23,24). The minimum absolute atomic E-state index is 0.0122. The first-order chi connectivity index (χ1) is 13.6. The van der Waals surface area contributed by atoms with Crippen molar-refractivity contribution in [1.82, 2.24) is 10.0 Å². The predicted octanol–water partition coefficient (Wildman–Crippen LogP) is 3.10. The van der Waals surface area contributed by atoms with Crippen LogP contribution in [-0.4, -0.2) is 33.6 Å². The Balaban J connectivity index is 2.21. The van der Waals surface area contributed by atoms with Gasteiger partial charge >= 0.3 is 0 Å². The lowest BCUT2D eigenvalue weighted by molar-refractivity contribution is 0.0940. The first-order valence-electron chi connectivity index (χ1n) is 9.36. The number of nitrogens with one attached hydrogen (secondary N) is 2. The molecule has 2 rings (SSSR count). The van der Waals surface area contributed by atoms with Crippen LogP contribution in [0.3, 0.4) is 0 Å². The number of carbonyl (C=O) groups is 1. The minimum atomic E-state index is -3.83. The van der Waals surface area contributed by atoms with Crippen molar-refractivity contribution in [3.05, 3.63) is 53.6 Å². The summed E-state index contributed by atoms with van der Waals surface area (Å²) in [6.45, 7) is 7.59. The Bertz CT molecular complexity index is 955. The Morgan fingerprint density at radius 2 is 1.79 bits per heavy atom. The van der Waals surface area contributed by atoms with Crippen LogP contribution in [0, 0.1) is 0 Å². The number of hydrogen-bond acceptors (Lipinski definition) is 5. The summed E-state index contributed by atoms with van der Waals surface area (Å²) in [7, 11) is -2.40. The average Bonchev–Trinajstić information content (AvgIpc) is 2.65. The summed E-state index contributed by atoms with van der Waals surface area (Å²) < 4.78 is 38.9. The van der Waals surface area contributed by atoms with Crippen LogP contribution < -0.4 is 19.5 Å². The molecule has 0 radical (unpaired) electrons. The first-order valence-corrected chi connectivity index (χ1v) is 10.8. The smallest absolute Gasteiger partial charge is 0.255 e. The highest BCUT2D eigenvalue weighted by Gasteiger charge is 2.20. The second kappa shape index (κ2) is 9.76. The molecule has 1 amide bonds. The Morgan fingerprint density at radius 1 is 1.07 bits per heavy atom. The van der Waals surface area contributed by atoms with Crippen LogP contribution >= 0.6 is 0 Å². The summed E-state index contributed by atoms with van der Waals surface area (Å²) in [6.07, 6.45) is 0.0247. The SMILES string of the molecule is COc1ccc(S(=O)(=O)NCc2cccc(OC(C)C)c2)cc1C(=O)NC(C)C. The number of benzene rings is 2. The van der Waals surface area contributed by atoms with Crippen LogP contribution in [0.4, 0.5) is 0 Å². The number of sulfonamides is 1. The van der Waals surface area contributed by atoms with Gasteiger partial charge in [-0.3, -0.25) is 4.79 Å². The van der Waals surface area contributed by atoms with Gasteiger partial charge < -0.3 is 14.8 Å². The normalized spacial score (nSPS) is 11.6. The van der Waals surface area contributed by atoms with Gasteiger partial charge in [-0.05, 0) is 63.6 Å². The second-order valence-electron chi connectivity index (χ2n) is 7.13. The Kier molecular flexibility index (Phi) is 7.64. The van der Waals surface area contributed by atoms with Gasteiger partial charge in [0.2, 0.25) is 10.0 Å². The van der Waals surface area contributed by atoms with Gasteiger partial charge in [0, 0.05) is 12.6 Å². The molecular weight excluding hydrogens is 392 g/mol. The van der Waals surface area contributed by atoms with Gasteiger partial charge in [-0.25, -0.2) is 13.1 Å². The molecule has 0 saturated carbocycles. The zero-order valence-electron chi connectivity index (χ0n) is 17.4. The van der Waals surface area contributed by atoms with E-state index in [0.29, 0.717) is 11.5 Å². The molecule has 0 spiro atoms. The van der Waals surface area contributed by atoms with Crippen molar-refractivity contribution in [3.8, 4) is 11.5 Å². The van der Waals surface area contributed by atoms with Gasteiger partial charge in [0.15, 0.2) is 0 Å². The summed E-state index contributed by atoms with van der Waals surface area (Å²) in [5, 5.41) is 2.74. The van der Waals surface area contributed by atoms with Crippen molar-refractivity contribution in [2.45, 2.75) is 51.3 Å². The number of carbonyl (C=O) groups excluding carboxylic acids is 1. The molecule has 2 aromatic rings. The number of methoxy groups -OCH3 is 1. The van der Waals surface area contributed by atoms with Gasteiger partial charge in [0.25, 0.3) is 5.91 Å². The molecule has 0 fully saturated rings. The number of hydrogen-bond donors (Lipinski definition) is 2. The van der Waals surface area contributed by atoms with Crippen LogP contribution in [0.25, 0.3) is 0 Å². The topological polar surface area (TPSA) is 93.7 Å². The lowest BCUT2D eigenvalue weighted by atomic mass is 10.2. The molecule has 158 valence electrons. The summed E-state index contributed by atoms with van der Waals surface area (Å²) >= 11 is 0. The maximum absolute atomic E-state index is 12.7. The molecule has 2 N–H and O–H groups in total. The van der Waals surface area contributed by atoms with E-state index < -0.39 is 15.9 Å². The molecule has 29 heavy (non-hydrogen) atoms. The zero-order chi connectivity index (χ0) is 21.6. The van der Waals surface area contributed by atoms with Gasteiger partial charge in [0.05, 0.1) is 23.7 Å². The zero-order valence-corrected chi connectivity index (χ0v) is 18.2. The lowest BCUT2D eigenvalue weighted by Crippen LogP contribution is -2.31. The molecule has 7 nitrogen and oxygen atoms in total. The van der Waals surface area contributed by atoms with Crippen LogP contribution in [0.1, 0.15) is 43.6 Å². The molecule has 0 saturated heterocycles. The number of rotatable bonds is 9. The van der Waals surface area contributed by atoms with Crippen LogP contribution in [0.15, 0.2) is 47.4 Å². The highest BCUT2D eigenvalue weighted by molar-refractivity contribution is 7.89. The van der Waals surface area contributed by atoms with Gasteiger partial charge in [-0.2, -0.15) is 0 Å². The van der Waals surface area contributed by atoms with Crippen molar-refractivity contribution in [2.24, 2.45) is 0 Å². The Morgan fingerprint density at radius 3 is 2.41 bits per heavy atom. The third kappa shape index (κ3) is 6.47. The molecule has 0 aliphatic rings. The molecule has 0 unspecified atom stereocenters. The van der Waals surface area contributed by atoms with E-state index in [1.807, 2.05) is 45.9 Å². The van der Waals surface area contributed by atoms with E-state index in [4.69, 9.17) is 9.47 Å². The van der Waals surface area contributed by atoms with E-state index in [9.17, 15) is 13.2 Å². The van der Waals surface area contributed by atoms with Crippen LogP contribution in [0.2, 0.25) is 0 Å². The van der Waals surface area contributed by atoms with Crippen LogP contribution in [0.5, 0.6) is 11.5 Å². The fraction of sp³-hybridized carbons (Fsp3) is 0.381. The average molecular weight is 421 g/mol. The summed E-state index contributed by atoms with van der Waals surface area (Å²) in [5.74, 6) is 0.585. The molecular formula is C21H28N2O5S. The van der Waals surface area contributed by atoms with Crippen molar-refractivity contribution in [3.63, 3.8) is 0 Å². The monoisotopic (exact) mass is 420 g/mol. The van der Waals surface area contributed by atoms with Gasteiger partial charge in [0.1, 0.15) is 11.5 Å². The summed E-state index contributed by atoms with van der Waals surface area (Å²) in [4.78, 5) is 12.4. The third-order valence-electron chi connectivity index (χ3n) is 3.88. The minimum Gasteiger partial charge on any atom is -0.496 e. The Labute approximate surface area is 172 Å². The maximum Gasteiger partial charge on any atom is 0.255 e. The van der Waals surface area contributed by atoms with E-state index in [-0.39, 0.29) is 29.1 Å². The second-order valence-corrected chi connectivity index (χ2v) is 8.90. The lowest BCUT2D eigenvalue weighted by Gasteiger charge is -2.14. The van der Waals surface area contributed by atoms with Crippen molar-refractivity contribution in [2.75, 3.05) is 7.11 Å². The fourth-order valence-electron chi connectivity index (χ4n) is 2.63. The molecule has 0 aromatic heterocycles.